The summed E-state index contributed by atoms with van der Waals surface area (Å²) in [6.45, 7) is 0. The molecular formula is C3H4NiO2. The van der Waals surface area contributed by atoms with Gasteiger partial charge in [0.15, 0.2) is 0 Å². The van der Waals surface area contributed by atoms with Gasteiger partial charge in [0.2, 0.25) is 0 Å². The van der Waals surface area contributed by atoms with Crippen LogP contribution >= 0.6 is 0 Å². The van der Waals surface area contributed by atoms with E-state index in [1.54, 1.807) is 0 Å². The van der Waals surface area contributed by atoms with Crippen LogP contribution in [0, 0.1) is 0 Å². The smallest absolute Gasteiger partial charge is 0.127 e. The first-order valence-electron chi connectivity index (χ1n) is 1.29. The zero-order chi connectivity index (χ0) is 4.12. The number of aldehydes is 2. The van der Waals surface area contributed by atoms with Crippen LogP contribution in [0.5, 0.6) is 0 Å². The van der Waals surface area contributed by atoms with Gasteiger partial charge >= 0.3 is 0 Å². The molecule has 0 aromatic heterocycles. The summed E-state index contributed by atoms with van der Waals surface area (Å²) in [5.74, 6) is 0. The Kier molecular flexibility index (Phi) is 13.7. The van der Waals surface area contributed by atoms with Crippen molar-refractivity contribution in [2.45, 2.75) is 6.42 Å². The third kappa shape index (κ3) is 9.16. The molecular weight excluding hydrogens is 127 g/mol. The van der Waals surface area contributed by atoms with Crippen molar-refractivity contribution in [2.24, 2.45) is 0 Å². The van der Waals surface area contributed by atoms with Gasteiger partial charge in [-0.15, -0.1) is 0 Å². The number of hydrogen-bond donors (Lipinski definition) is 0. The van der Waals surface area contributed by atoms with Crippen LogP contribution in [-0.4, -0.2) is 12.6 Å². The zero-order valence-corrected chi connectivity index (χ0v) is 3.98. The maximum Gasteiger partial charge on any atom is 0.127 e. The van der Waals surface area contributed by atoms with E-state index >= 15 is 0 Å². The second-order valence-corrected chi connectivity index (χ2v) is 0.569. The molecule has 2 nitrogen and oxygen atoms in total. The van der Waals surface area contributed by atoms with Crippen LogP contribution in [0.2, 0.25) is 0 Å². The van der Waals surface area contributed by atoms with E-state index < -0.39 is 0 Å². The van der Waals surface area contributed by atoms with Gasteiger partial charge in [-0.2, -0.15) is 0 Å². The van der Waals surface area contributed by atoms with Crippen molar-refractivity contribution >= 4 is 12.6 Å². The summed E-state index contributed by atoms with van der Waals surface area (Å²) in [5, 5.41) is 0. The minimum absolute atomic E-state index is 0. The minimum atomic E-state index is 0. The van der Waals surface area contributed by atoms with E-state index in [0.29, 0.717) is 12.6 Å². The molecule has 0 fully saturated rings. The summed E-state index contributed by atoms with van der Waals surface area (Å²) < 4.78 is 0. The summed E-state index contributed by atoms with van der Waals surface area (Å²) in [6.07, 6.45) is 1.15. The van der Waals surface area contributed by atoms with Crippen molar-refractivity contribution in [1.29, 1.82) is 0 Å². The second kappa shape index (κ2) is 8.85. The summed E-state index contributed by atoms with van der Waals surface area (Å²) in [5.41, 5.74) is 0. The zero-order valence-electron chi connectivity index (χ0n) is 2.99. The number of hydrogen-bond acceptors (Lipinski definition) is 2. The molecule has 0 spiro atoms. The molecule has 0 aliphatic carbocycles. The van der Waals surface area contributed by atoms with Crippen molar-refractivity contribution in [3.05, 3.63) is 0 Å². The standard InChI is InChI=1S/C3H4O2.Ni/c4-2-1-3-5;/h2-3H,1H2;. The van der Waals surface area contributed by atoms with E-state index in [-0.39, 0.29) is 22.9 Å². The summed E-state index contributed by atoms with van der Waals surface area (Å²) in [4.78, 5) is 18.3. The van der Waals surface area contributed by atoms with Crippen LogP contribution in [0.15, 0.2) is 0 Å². The Morgan fingerprint density at radius 3 is 1.50 bits per heavy atom. The van der Waals surface area contributed by atoms with Crippen molar-refractivity contribution < 1.29 is 26.1 Å². The summed E-state index contributed by atoms with van der Waals surface area (Å²) in [7, 11) is 0. The number of carbonyl (C=O) groups is 2. The molecule has 0 saturated heterocycles. The van der Waals surface area contributed by atoms with Gasteiger partial charge in [-0.1, -0.05) is 0 Å². The van der Waals surface area contributed by atoms with Gasteiger partial charge in [0, 0.05) is 16.5 Å². The Labute approximate surface area is 45.8 Å². The molecule has 0 atom stereocenters. The van der Waals surface area contributed by atoms with Gasteiger partial charge < -0.3 is 9.59 Å². The van der Waals surface area contributed by atoms with Crippen LogP contribution in [0.4, 0.5) is 0 Å². The molecule has 0 aromatic carbocycles. The molecule has 0 aliphatic rings. The Bertz CT molecular complexity index is 38.1. The molecule has 3 heteroatoms. The van der Waals surface area contributed by atoms with E-state index in [9.17, 15) is 9.59 Å². The van der Waals surface area contributed by atoms with Crippen molar-refractivity contribution in [3.8, 4) is 0 Å². The topological polar surface area (TPSA) is 34.1 Å². The van der Waals surface area contributed by atoms with Crippen molar-refractivity contribution in [1.82, 2.24) is 0 Å². The average molecular weight is 131 g/mol. The van der Waals surface area contributed by atoms with Gasteiger partial charge in [0.1, 0.15) is 12.6 Å². The molecule has 0 aromatic rings. The van der Waals surface area contributed by atoms with Crippen LogP contribution in [-0.2, 0) is 26.1 Å². The fraction of sp³-hybridized carbons (Fsp3) is 0.333. The summed E-state index contributed by atoms with van der Waals surface area (Å²) in [6, 6.07) is 0. The predicted molar refractivity (Wildman–Crippen MR) is 16.7 cm³/mol. The summed E-state index contributed by atoms with van der Waals surface area (Å²) >= 11 is 0. The Morgan fingerprint density at radius 1 is 1.17 bits per heavy atom. The van der Waals surface area contributed by atoms with E-state index in [4.69, 9.17) is 0 Å². The van der Waals surface area contributed by atoms with E-state index in [1.807, 2.05) is 0 Å². The van der Waals surface area contributed by atoms with Crippen LogP contribution in [0.3, 0.4) is 0 Å². The van der Waals surface area contributed by atoms with Gasteiger partial charge in [0.05, 0.1) is 6.42 Å². The minimum Gasteiger partial charge on any atom is -0.303 e. The molecule has 0 N–H and O–H groups in total. The fourth-order valence-electron chi connectivity index (χ4n) is 0.0393. The predicted octanol–water partition coefficient (Wildman–Crippen LogP) is -0.228. The van der Waals surface area contributed by atoms with Gasteiger partial charge in [-0.25, -0.2) is 0 Å². The van der Waals surface area contributed by atoms with E-state index in [1.165, 1.54) is 0 Å². The van der Waals surface area contributed by atoms with Crippen LogP contribution in [0.1, 0.15) is 6.42 Å². The number of carbonyl (C=O) groups excluding carboxylic acids is 2. The Balaban J connectivity index is 0. The third-order valence-corrected chi connectivity index (χ3v) is 0.192. The average Bonchev–Trinajstić information content (AvgIpc) is 1.41. The van der Waals surface area contributed by atoms with Crippen LogP contribution < -0.4 is 0 Å². The molecule has 0 amide bonds. The molecule has 0 aliphatic heterocycles. The first-order chi connectivity index (χ1) is 2.41. The normalized spacial score (nSPS) is 5.33. The first-order valence-corrected chi connectivity index (χ1v) is 1.29. The van der Waals surface area contributed by atoms with Gasteiger partial charge in [0.25, 0.3) is 0 Å². The van der Waals surface area contributed by atoms with Crippen molar-refractivity contribution in [3.63, 3.8) is 0 Å². The molecule has 0 heterocycles. The van der Waals surface area contributed by atoms with Gasteiger partial charge in [-0.05, 0) is 0 Å². The molecule has 0 saturated carbocycles. The molecule has 0 rings (SSSR count). The van der Waals surface area contributed by atoms with E-state index in [0.717, 1.165) is 0 Å². The van der Waals surface area contributed by atoms with E-state index in [2.05, 4.69) is 0 Å². The molecule has 0 unspecified atom stereocenters. The number of rotatable bonds is 2. The maximum atomic E-state index is 9.17. The SMILES string of the molecule is O=CCC=O.[Ni]. The Morgan fingerprint density at radius 2 is 1.50 bits per heavy atom. The molecule has 38 valence electrons. The van der Waals surface area contributed by atoms with Gasteiger partial charge in [-0.3, -0.25) is 0 Å². The monoisotopic (exact) mass is 130 g/mol. The molecule has 0 bridgehead atoms. The molecule has 0 radical (unpaired) electrons. The first kappa shape index (κ1) is 9.27. The largest absolute Gasteiger partial charge is 0.303 e. The third-order valence-electron chi connectivity index (χ3n) is 0.192. The van der Waals surface area contributed by atoms with Crippen molar-refractivity contribution in [2.75, 3.05) is 0 Å². The Hall–Kier alpha value is -0.166. The quantitative estimate of drug-likeness (QED) is 0.294. The molecule has 6 heavy (non-hydrogen) atoms. The van der Waals surface area contributed by atoms with Crippen LogP contribution in [0.25, 0.3) is 0 Å². The second-order valence-electron chi connectivity index (χ2n) is 0.569. The fourth-order valence-corrected chi connectivity index (χ4v) is 0.0393. The maximum absolute atomic E-state index is 9.17.